The van der Waals surface area contributed by atoms with Gasteiger partial charge in [0.1, 0.15) is 0 Å². The second-order valence-corrected chi connectivity index (χ2v) is 14.2. The summed E-state index contributed by atoms with van der Waals surface area (Å²) in [6.07, 6.45) is 0. The first-order chi connectivity index (χ1) is 27.3. The fourth-order valence-corrected chi connectivity index (χ4v) is 9.04. The minimum Gasteiger partial charge on any atom is -0.310 e. The second-order valence-electron chi connectivity index (χ2n) is 14.2. The van der Waals surface area contributed by atoms with Crippen molar-refractivity contribution in [2.24, 2.45) is 0 Å². The molecule has 0 bridgehead atoms. The molecule has 0 unspecified atom stereocenters. The molecule has 0 saturated carbocycles. The van der Waals surface area contributed by atoms with Crippen molar-refractivity contribution >= 4 is 44.4 Å². The van der Waals surface area contributed by atoms with E-state index < -0.39 is 5.41 Å². The van der Waals surface area contributed by atoms with Crippen LogP contribution >= 0.6 is 0 Å². The summed E-state index contributed by atoms with van der Waals surface area (Å²) in [5.41, 5.74) is 13.3. The van der Waals surface area contributed by atoms with Gasteiger partial charge in [0.2, 0.25) is 0 Å². The van der Waals surface area contributed by atoms with Gasteiger partial charge in [0.25, 0.3) is 0 Å². The van der Waals surface area contributed by atoms with Gasteiger partial charge in [0, 0.05) is 33.4 Å². The van der Waals surface area contributed by atoms with Crippen molar-refractivity contribution in [1.82, 2.24) is 14.6 Å². The van der Waals surface area contributed by atoms with E-state index in [1.54, 1.807) is 0 Å². The monoisotopic (exact) mass is 702 g/mol. The summed E-state index contributed by atoms with van der Waals surface area (Å²) in [4.78, 5) is 2.36. The predicted octanol–water partition coefficient (Wildman–Crippen LogP) is 12.5. The Morgan fingerprint density at radius 1 is 0.400 bits per heavy atom. The maximum absolute atomic E-state index is 4.79. The fourth-order valence-electron chi connectivity index (χ4n) is 9.04. The summed E-state index contributed by atoms with van der Waals surface area (Å²) < 4.78 is 2.20. The minimum absolute atomic E-state index is 0.488. The zero-order valence-electron chi connectivity index (χ0n) is 29.9. The van der Waals surface area contributed by atoms with Crippen LogP contribution in [-0.4, -0.2) is 14.6 Å². The molecule has 0 spiro atoms. The van der Waals surface area contributed by atoms with Crippen LogP contribution in [0.25, 0.3) is 49.8 Å². The van der Waals surface area contributed by atoms with Crippen LogP contribution in [0.1, 0.15) is 22.3 Å². The summed E-state index contributed by atoms with van der Waals surface area (Å²) in [5, 5.41) is 13.0. The van der Waals surface area contributed by atoms with Gasteiger partial charge in [-0.1, -0.05) is 152 Å². The van der Waals surface area contributed by atoms with Gasteiger partial charge >= 0.3 is 0 Å². The molecule has 0 aliphatic heterocycles. The van der Waals surface area contributed by atoms with E-state index >= 15 is 0 Å². The molecule has 55 heavy (non-hydrogen) atoms. The quantitative estimate of drug-likeness (QED) is 0.162. The first-order valence-corrected chi connectivity index (χ1v) is 18.8. The van der Waals surface area contributed by atoms with Crippen molar-refractivity contribution in [3.05, 3.63) is 229 Å². The third-order valence-corrected chi connectivity index (χ3v) is 11.4. The number of para-hydroxylation sites is 2. The summed E-state index contributed by atoms with van der Waals surface area (Å²) in [5.74, 6) is 0.820. The third kappa shape index (κ3) is 4.65. The van der Waals surface area contributed by atoms with E-state index in [0.717, 1.165) is 45.0 Å². The third-order valence-electron chi connectivity index (χ3n) is 11.4. The van der Waals surface area contributed by atoms with Gasteiger partial charge in [-0.3, -0.25) is 4.40 Å². The van der Waals surface area contributed by atoms with Crippen LogP contribution in [0.15, 0.2) is 206 Å². The smallest absolute Gasteiger partial charge is 0.169 e. The number of aromatic nitrogens is 3. The molecule has 1 aliphatic rings. The Labute approximate surface area is 319 Å². The van der Waals surface area contributed by atoms with Crippen LogP contribution in [-0.2, 0) is 5.41 Å². The Morgan fingerprint density at radius 3 is 1.67 bits per heavy atom. The normalized spacial score (nSPS) is 12.9. The standard InChI is InChI=1S/C51H34N4/c1-4-16-36(17-5-1)51(37-18-6-2-7-19-37)46-26-14-12-23-42(46)43-33-32-40(34-47(43)51)54(38-20-8-3-9-21-38)39-30-28-35(29-31-39)49-52-53-50-45-25-11-10-22-41(45)44-24-13-15-27-48(44)55(49)50/h1-34H. The number of rotatable bonds is 6. The number of hydrogen-bond acceptors (Lipinski definition) is 3. The predicted molar refractivity (Wildman–Crippen MR) is 225 cm³/mol. The number of fused-ring (bicyclic) bond motifs is 9. The zero-order chi connectivity index (χ0) is 36.3. The molecule has 0 saturated heterocycles. The van der Waals surface area contributed by atoms with E-state index in [4.69, 9.17) is 10.2 Å². The highest BCUT2D eigenvalue weighted by molar-refractivity contribution is 6.12. The molecule has 4 heteroatoms. The van der Waals surface area contributed by atoms with Crippen LogP contribution in [0.3, 0.4) is 0 Å². The highest BCUT2D eigenvalue weighted by Gasteiger charge is 2.46. The molecule has 10 aromatic rings. The van der Waals surface area contributed by atoms with Crippen molar-refractivity contribution in [2.45, 2.75) is 5.41 Å². The van der Waals surface area contributed by atoms with E-state index in [2.05, 4.69) is 216 Å². The number of anilines is 3. The number of pyridine rings is 1. The Morgan fingerprint density at radius 2 is 0.945 bits per heavy atom. The van der Waals surface area contributed by atoms with Crippen molar-refractivity contribution in [2.75, 3.05) is 4.90 Å². The summed E-state index contributed by atoms with van der Waals surface area (Å²) in [7, 11) is 0. The van der Waals surface area contributed by atoms with Crippen molar-refractivity contribution in [1.29, 1.82) is 0 Å². The van der Waals surface area contributed by atoms with Crippen molar-refractivity contribution < 1.29 is 0 Å². The molecule has 8 aromatic carbocycles. The van der Waals surface area contributed by atoms with Crippen LogP contribution in [0.5, 0.6) is 0 Å². The molecular weight excluding hydrogens is 669 g/mol. The fraction of sp³-hybridized carbons (Fsp3) is 0.0196. The molecule has 0 fully saturated rings. The van der Waals surface area contributed by atoms with Crippen LogP contribution in [0, 0.1) is 0 Å². The first-order valence-electron chi connectivity index (χ1n) is 18.8. The Hall–Kier alpha value is -7.30. The maximum Gasteiger partial charge on any atom is 0.169 e. The summed E-state index contributed by atoms with van der Waals surface area (Å²) in [6.45, 7) is 0. The van der Waals surface area contributed by atoms with Gasteiger partial charge < -0.3 is 4.90 Å². The van der Waals surface area contributed by atoms with E-state index in [-0.39, 0.29) is 0 Å². The molecule has 11 rings (SSSR count). The van der Waals surface area contributed by atoms with Gasteiger partial charge in [-0.2, -0.15) is 0 Å². The molecule has 1 aliphatic carbocycles. The Bertz CT molecular complexity index is 2980. The molecule has 2 aromatic heterocycles. The molecule has 0 N–H and O–H groups in total. The molecule has 2 heterocycles. The zero-order valence-corrected chi connectivity index (χ0v) is 29.9. The minimum atomic E-state index is -0.488. The van der Waals surface area contributed by atoms with Gasteiger partial charge in [-0.05, 0) is 93.4 Å². The maximum atomic E-state index is 4.79. The number of nitrogens with zero attached hydrogens (tertiary/aromatic N) is 4. The van der Waals surface area contributed by atoms with E-state index in [1.165, 1.54) is 44.2 Å². The molecular formula is C51H34N4. The lowest BCUT2D eigenvalue weighted by Crippen LogP contribution is -2.28. The van der Waals surface area contributed by atoms with Gasteiger partial charge in [0.15, 0.2) is 11.5 Å². The molecule has 0 atom stereocenters. The van der Waals surface area contributed by atoms with E-state index in [1.807, 2.05) is 0 Å². The van der Waals surface area contributed by atoms with Crippen LogP contribution < -0.4 is 4.90 Å². The van der Waals surface area contributed by atoms with E-state index in [9.17, 15) is 0 Å². The molecule has 0 amide bonds. The largest absolute Gasteiger partial charge is 0.310 e. The SMILES string of the molecule is c1ccc(N(c2ccc(-c3nnc4c5ccccc5c5ccccc5n34)cc2)c2ccc3c(c2)C(c2ccccc2)(c2ccccc2)c2ccccc2-3)cc1. The average Bonchev–Trinajstić information content (AvgIpc) is 3.84. The number of benzene rings is 8. The highest BCUT2D eigenvalue weighted by Crippen LogP contribution is 2.57. The second kappa shape index (κ2) is 12.4. The van der Waals surface area contributed by atoms with Crippen molar-refractivity contribution in [3.63, 3.8) is 0 Å². The summed E-state index contributed by atoms with van der Waals surface area (Å²) in [6, 6.07) is 74.3. The highest BCUT2D eigenvalue weighted by atomic mass is 15.2. The van der Waals surface area contributed by atoms with Gasteiger partial charge in [-0.15, -0.1) is 10.2 Å². The Balaban J connectivity index is 1.10. The number of hydrogen-bond donors (Lipinski definition) is 0. The molecule has 4 nitrogen and oxygen atoms in total. The van der Waals surface area contributed by atoms with Gasteiger partial charge in [-0.25, -0.2) is 0 Å². The van der Waals surface area contributed by atoms with Crippen LogP contribution in [0.4, 0.5) is 17.1 Å². The average molecular weight is 703 g/mol. The lowest BCUT2D eigenvalue weighted by atomic mass is 9.67. The lowest BCUT2D eigenvalue weighted by molar-refractivity contribution is 0.768. The molecule has 258 valence electrons. The van der Waals surface area contributed by atoms with Crippen molar-refractivity contribution in [3.8, 4) is 22.5 Å². The molecule has 0 radical (unpaired) electrons. The first kappa shape index (κ1) is 31.2. The Kier molecular flexibility index (Phi) is 7.04. The summed E-state index contributed by atoms with van der Waals surface area (Å²) >= 11 is 0. The van der Waals surface area contributed by atoms with E-state index in [0.29, 0.717) is 0 Å². The van der Waals surface area contributed by atoms with Gasteiger partial charge in [0.05, 0.1) is 10.9 Å². The topological polar surface area (TPSA) is 33.4 Å². The lowest BCUT2D eigenvalue weighted by Gasteiger charge is -2.35. The van der Waals surface area contributed by atoms with Crippen LogP contribution in [0.2, 0.25) is 0 Å².